The van der Waals surface area contributed by atoms with E-state index in [1.54, 1.807) is 12.3 Å². The maximum absolute atomic E-state index is 12.4. The highest BCUT2D eigenvalue weighted by molar-refractivity contribution is 6.04. The largest absolute Gasteiger partial charge is 0.322 e. The molecule has 0 atom stereocenters. The van der Waals surface area contributed by atoms with Crippen molar-refractivity contribution in [3.8, 4) is 0 Å². The number of aromatic nitrogens is 1. The van der Waals surface area contributed by atoms with Crippen molar-refractivity contribution in [3.63, 3.8) is 0 Å². The predicted octanol–water partition coefficient (Wildman–Crippen LogP) is 4.75. The average molecular weight is 296 g/mol. The molecule has 1 aromatic heterocycles. The second kappa shape index (κ2) is 6.30. The molecule has 3 heteroatoms. The van der Waals surface area contributed by atoms with Crippen LogP contribution in [-0.2, 0) is 5.41 Å². The van der Waals surface area contributed by atoms with Gasteiger partial charge in [0.05, 0.1) is 0 Å². The number of nitrogens with zero attached hydrogens (tertiary/aromatic N) is 1. The normalized spacial score (nSPS) is 11.5. The monoisotopic (exact) mass is 296 g/mol. The molecule has 0 saturated heterocycles. The van der Waals surface area contributed by atoms with Gasteiger partial charge in [0.1, 0.15) is 0 Å². The fourth-order valence-corrected chi connectivity index (χ4v) is 2.14. The average Bonchev–Trinajstić information content (AvgIpc) is 2.47. The highest BCUT2D eigenvalue weighted by Crippen LogP contribution is 2.21. The van der Waals surface area contributed by atoms with Crippen LogP contribution in [0.1, 0.15) is 62.2 Å². The van der Waals surface area contributed by atoms with Gasteiger partial charge in [0.25, 0.3) is 5.91 Å². The first-order valence-electron chi connectivity index (χ1n) is 7.65. The molecule has 0 radical (unpaired) electrons. The smallest absolute Gasteiger partial charge is 0.255 e. The lowest BCUT2D eigenvalue weighted by Crippen LogP contribution is -2.17. The van der Waals surface area contributed by atoms with Crippen LogP contribution in [0.15, 0.2) is 42.6 Å². The summed E-state index contributed by atoms with van der Waals surface area (Å²) in [6.45, 7) is 10.6. The van der Waals surface area contributed by atoms with Gasteiger partial charge in [-0.05, 0) is 35.7 Å². The topological polar surface area (TPSA) is 42.0 Å². The van der Waals surface area contributed by atoms with Crippen molar-refractivity contribution in [2.24, 2.45) is 0 Å². The van der Waals surface area contributed by atoms with Gasteiger partial charge < -0.3 is 5.32 Å². The summed E-state index contributed by atoms with van der Waals surface area (Å²) in [5.41, 5.74) is 3.54. The molecule has 0 bridgehead atoms. The Kier molecular flexibility index (Phi) is 4.65. The van der Waals surface area contributed by atoms with Crippen molar-refractivity contribution in [2.45, 2.75) is 46.0 Å². The zero-order chi connectivity index (χ0) is 16.3. The van der Waals surface area contributed by atoms with Crippen LogP contribution in [0.5, 0.6) is 0 Å². The van der Waals surface area contributed by atoms with E-state index in [9.17, 15) is 4.79 Å². The lowest BCUT2D eigenvalue weighted by Gasteiger charge is -2.18. The number of hydrogen-bond donors (Lipinski definition) is 1. The summed E-state index contributed by atoms with van der Waals surface area (Å²) in [5, 5.41) is 2.94. The van der Waals surface area contributed by atoms with E-state index in [1.807, 2.05) is 30.3 Å². The van der Waals surface area contributed by atoms with Gasteiger partial charge in [-0.15, -0.1) is 0 Å². The van der Waals surface area contributed by atoms with Crippen molar-refractivity contribution in [1.29, 1.82) is 0 Å². The third-order valence-electron chi connectivity index (χ3n) is 3.63. The number of carbonyl (C=O) groups is 1. The molecule has 22 heavy (non-hydrogen) atoms. The van der Waals surface area contributed by atoms with Crippen LogP contribution in [0.2, 0.25) is 0 Å². The second-order valence-electron chi connectivity index (χ2n) is 6.91. The van der Waals surface area contributed by atoms with E-state index >= 15 is 0 Å². The lowest BCUT2D eigenvalue weighted by molar-refractivity contribution is 0.102. The van der Waals surface area contributed by atoms with Crippen LogP contribution in [0.25, 0.3) is 0 Å². The van der Waals surface area contributed by atoms with Crippen molar-refractivity contribution in [2.75, 3.05) is 5.32 Å². The van der Waals surface area contributed by atoms with E-state index in [-0.39, 0.29) is 11.3 Å². The molecule has 0 spiro atoms. The maximum Gasteiger partial charge on any atom is 0.255 e. The molecular weight excluding hydrogens is 272 g/mol. The number of anilines is 1. The molecule has 0 aliphatic heterocycles. The molecule has 2 aromatic rings. The Morgan fingerprint density at radius 2 is 1.73 bits per heavy atom. The third-order valence-corrected chi connectivity index (χ3v) is 3.63. The highest BCUT2D eigenvalue weighted by Gasteiger charge is 2.17. The number of carbonyl (C=O) groups excluding carboxylic acids is 1. The standard InChI is InChI=1S/C19H24N2O/c1-13(2)14-6-8-16(9-7-14)21-18(22)15-10-11-20-17(12-15)19(3,4)5/h6-13H,1-5H3,(H,21,22). The molecule has 1 heterocycles. The first-order chi connectivity index (χ1) is 10.3. The summed E-state index contributed by atoms with van der Waals surface area (Å²) in [4.78, 5) is 16.7. The number of rotatable bonds is 3. The Balaban J connectivity index is 2.15. The van der Waals surface area contributed by atoms with E-state index in [0.29, 0.717) is 11.5 Å². The van der Waals surface area contributed by atoms with Crippen molar-refractivity contribution in [1.82, 2.24) is 4.98 Å². The molecule has 3 nitrogen and oxygen atoms in total. The summed E-state index contributed by atoms with van der Waals surface area (Å²) in [6, 6.07) is 11.6. The number of amides is 1. The zero-order valence-electron chi connectivity index (χ0n) is 14.0. The van der Waals surface area contributed by atoms with Crippen LogP contribution in [0.4, 0.5) is 5.69 Å². The molecule has 1 aromatic carbocycles. The van der Waals surface area contributed by atoms with Gasteiger partial charge in [-0.2, -0.15) is 0 Å². The fraction of sp³-hybridized carbons (Fsp3) is 0.368. The van der Waals surface area contributed by atoms with E-state index in [2.05, 4.69) is 44.9 Å². The first-order valence-corrected chi connectivity index (χ1v) is 7.65. The van der Waals surface area contributed by atoms with Gasteiger partial charge in [-0.25, -0.2) is 0 Å². The quantitative estimate of drug-likeness (QED) is 0.887. The molecule has 1 N–H and O–H groups in total. The van der Waals surface area contributed by atoms with Gasteiger partial charge in [-0.1, -0.05) is 46.8 Å². The van der Waals surface area contributed by atoms with E-state index < -0.39 is 0 Å². The van der Waals surface area contributed by atoms with E-state index in [4.69, 9.17) is 0 Å². The Bertz CT molecular complexity index is 652. The highest BCUT2D eigenvalue weighted by atomic mass is 16.1. The zero-order valence-corrected chi connectivity index (χ0v) is 14.0. The number of pyridine rings is 1. The summed E-state index contributed by atoms with van der Waals surface area (Å²) in [6.07, 6.45) is 1.69. The van der Waals surface area contributed by atoms with Gasteiger partial charge >= 0.3 is 0 Å². The summed E-state index contributed by atoms with van der Waals surface area (Å²) >= 11 is 0. The minimum atomic E-state index is -0.106. The van der Waals surface area contributed by atoms with Crippen molar-refractivity contribution >= 4 is 11.6 Å². The molecule has 116 valence electrons. The molecule has 1 amide bonds. The molecule has 0 aliphatic carbocycles. The van der Waals surface area contributed by atoms with Gasteiger partial charge in [-0.3, -0.25) is 9.78 Å². The minimum Gasteiger partial charge on any atom is -0.322 e. The van der Waals surface area contributed by atoms with Crippen LogP contribution in [-0.4, -0.2) is 10.9 Å². The predicted molar refractivity (Wildman–Crippen MR) is 91.4 cm³/mol. The van der Waals surface area contributed by atoms with E-state index in [1.165, 1.54) is 5.56 Å². The molecular formula is C19H24N2O. The summed E-state index contributed by atoms with van der Waals surface area (Å²) in [7, 11) is 0. The van der Waals surface area contributed by atoms with Crippen LogP contribution in [0, 0.1) is 0 Å². The first kappa shape index (κ1) is 16.2. The van der Waals surface area contributed by atoms with Crippen LogP contribution >= 0.6 is 0 Å². The summed E-state index contributed by atoms with van der Waals surface area (Å²) < 4.78 is 0. The SMILES string of the molecule is CC(C)c1ccc(NC(=O)c2ccnc(C(C)(C)C)c2)cc1. The van der Waals surface area contributed by atoms with Crippen molar-refractivity contribution < 1.29 is 4.79 Å². The summed E-state index contributed by atoms with van der Waals surface area (Å²) in [5.74, 6) is 0.379. The Morgan fingerprint density at radius 1 is 1.09 bits per heavy atom. The van der Waals surface area contributed by atoms with Gasteiger partial charge in [0, 0.05) is 28.6 Å². The number of benzene rings is 1. The molecule has 0 aliphatic rings. The molecule has 0 fully saturated rings. The second-order valence-corrected chi connectivity index (χ2v) is 6.91. The van der Waals surface area contributed by atoms with Crippen LogP contribution < -0.4 is 5.32 Å². The molecule has 0 saturated carbocycles. The molecule has 0 unspecified atom stereocenters. The Labute approximate surface area is 132 Å². The van der Waals surface area contributed by atoms with Crippen LogP contribution in [0.3, 0.4) is 0 Å². The molecule has 2 rings (SSSR count). The van der Waals surface area contributed by atoms with Gasteiger partial charge in [0.2, 0.25) is 0 Å². The Morgan fingerprint density at radius 3 is 2.27 bits per heavy atom. The lowest BCUT2D eigenvalue weighted by atomic mass is 9.91. The third kappa shape index (κ3) is 3.94. The van der Waals surface area contributed by atoms with E-state index in [0.717, 1.165) is 11.4 Å². The fourth-order valence-electron chi connectivity index (χ4n) is 2.14. The Hall–Kier alpha value is -2.16. The van der Waals surface area contributed by atoms with Gasteiger partial charge in [0.15, 0.2) is 0 Å². The van der Waals surface area contributed by atoms with Crippen molar-refractivity contribution in [3.05, 3.63) is 59.4 Å². The maximum atomic E-state index is 12.4. The number of nitrogens with one attached hydrogen (secondary N) is 1. The minimum absolute atomic E-state index is 0.0742. The number of hydrogen-bond acceptors (Lipinski definition) is 2.